The van der Waals surface area contributed by atoms with Gasteiger partial charge in [0.25, 0.3) is 5.91 Å². The first-order valence-electron chi connectivity index (χ1n) is 9.83. The first kappa shape index (κ1) is 22.0. The number of fused-ring (bicyclic) bond motifs is 1. The third-order valence-corrected chi connectivity index (χ3v) is 5.28. The summed E-state index contributed by atoms with van der Waals surface area (Å²) in [6.07, 6.45) is 0.407. The summed E-state index contributed by atoms with van der Waals surface area (Å²) in [6, 6.07) is 6.01. The maximum Gasteiger partial charge on any atom is 0.407 e. The first-order chi connectivity index (χ1) is 14.0. The topological polar surface area (TPSA) is 121 Å². The molecule has 9 heteroatoms. The minimum Gasteiger partial charge on any atom is -0.481 e. The summed E-state index contributed by atoms with van der Waals surface area (Å²) in [6.45, 7) is 5.23. The van der Waals surface area contributed by atoms with Crippen molar-refractivity contribution >= 4 is 40.5 Å². The van der Waals surface area contributed by atoms with Gasteiger partial charge in [-0.1, -0.05) is 11.6 Å². The fraction of sp³-hybridized carbons (Fsp3) is 0.476. The number of hydrogen-bond acceptors (Lipinski definition) is 4. The molecule has 2 amide bonds. The summed E-state index contributed by atoms with van der Waals surface area (Å²) < 4.78 is 5.30. The Morgan fingerprint density at radius 3 is 2.53 bits per heavy atom. The number of amides is 2. The summed E-state index contributed by atoms with van der Waals surface area (Å²) in [5.74, 6) is -1.84. The molecule has 1 fully saturated rings. The van der Waals surface area contributed by atoms with Crippen LogP contribution in [0.2, 0.25) is 5.02 Å². The number of ether oxygens (including phenoxy) is 1. The van der Waals surface area contributed by atoms with Gasteiger partial charge in [0, 0.05) is 22.0 Å². The predicted octanol–water partition coefficient (Wildman–Crippen LogP) is 3.70. The summed E-state index contributed by atoms with van der Waals surface area (Å²) in [5, 5.41) is 16.4. The zero-order valence-electron chi connectivity index (χ0n) is 17.1. The highest BCUT2D eigenvalue weighted by Crippen LogP contribution is 2.26. The van der Waals surface area contributed by atoms with Gasteiger partial charge in [-0.05, 0) is 64.3 Å². The molecular formula is C21H26ClN3O5. The van der Waals surface area contributed by atoms with Crippen LogP contribution in [0.4, 0.5) is 4.79 Å². The number of aromatic nitrogens is 1. The fourth-order valence-electron chi connectivity index (χ4n) is 3.66. The van der Waals surface area contributed by atoms with Crippen LogP contribution in [0.3, 0.4) is 0 Å². The lowest BCUT2D eigenvalue weighted by molar-refractivity contribution is -0.143. The van der Waals surface area contributed by atoms with Crippen molar-refractivity contribution in [2.75, 3.05) is 0 Å². The molecule has 1 aliphatic carbocycles. The molecule has 0 saturated heterocycles. The van der Waals surface area contributed by atoms with Crippen molar-refractivity contribution in [1.82, 2.24) is 15.6 Å². The van der Waals surface area contributed by atoms with Crippen molar-refractivity contribution < 1.29 is 24.2 Å². The van der Waals surface area contributed by atoms with E-state index in [-0.39, 0.29) is 12.3 Å². The first-order valence-corrected chi connectivity index (χ1v) is 10.2. The second-order valence-electron chi connectivity index (χ2n) is 8.60. The lowest BCUT2D eigenvalue weighted by atomic mass is 9.82. The van der Waals surface area contributed by atoms with Gasteiger partial charge >= 0.3 is 12.1 Å². The van der Waals surface area contributed by atoms with Crippen molar-refractivity contribution in [3.63, 3.8) is 0 Å². The standard InChI is InChI=1S/C21H26ClN3O5/c1-21(2,3)30-20(29)25-16-9-11(19(27)28)4-6-15(16)24-18(26)17-10-12-8-13(22)5-7-14(12)23-17/h5,7-8,10-11,15-16,23H,4,6,9H2,1-3H3,(H,24,26)(H,25,29)(H,27,28)/t11-,15-,16+/m1/s1. The van der Waals surface area contributed by atoms with Crippen LogP contribution in [-0.4, -0.2) is 45.7 Å². The van der Waals surface area contributed by atoms with E-state index in [0.29, 0.717) is 23.6 Å². The third-order valence-electron chi connectivity index (χ3n) is 5.05. The summed E-state index contributed by atoms with van der Waals surface area (Å²) >= 11 is 6.00. The zero-order chi connectivity index (χ0) is 22.1. The minimum atomic E-state index is -0.914. The number of aliphatic carboxylic acids is 1. The maximum absolute atomic E-state index is 12.8. The Morgan fingerprint density at radius 1 is 1.13 bits per heavy atom. The number of rotatable bonds is 4. The molecule has 1 saturated carbocycles. The minimum absolute atomic E-state index is 0.210. The number of benzene rings is 1. The Bertz CT molecular complexity index is 965. The molecule has 1 aromatic heterocycles. The van der Waals surface area contributed by atoms with E-state index in [2.05, 4.69) is 15.6 Å². The van der Waals surface area contributed by atoms with Gasteiger partial charge in [0.1, 0.15) is 11.3 Å². The fourth-order valence-corrected chi connectivity index (χ4v) is 3.84. The molecule has 1 heterocycles. The van der Waals surface area contributed by atoms with Crippen LogP contribution in [0.25, 0.3) is 10.9 Å². The number of hydrogen-bond donors (Lipinski definition) is 4. The SMILES string of the molecule is CC(C)(C)OC(=O)N[C@H]1C[C@H](C(=O)O)CC[C@H]1NC(=O)c1cc2cc(Cl)ccc2[nH]1. The number of H-pyrrole nitrogens is 1. The molecule has 3 atom stereocenters. The van der Waals surface area contributed by atoms with Gasteiger partial charge in [-0.15, -0.1) is 0 Å². The molecular weight excluding hydrogens is 410 g/mol. The van der Waals surface area contributed by atoms with Gasteiger partial charge in [-0.3, -0.25) is 9.59 Å². The molecule has 30 heavy (non-hydrogen) atoms. The molecule has 0 unspecified atom stereocenters. The third kappa shape index (κ3) is 5.44. The Labute approximate surface area is 179 Å². The van der Waals surface area contributed by atoms with E-state index >= 15 is 0 Å². The van der Waals surface area contributed by atoms with Crippen LogP contribution in [0, 0.1) is 5.92 Å². The molecule has 8 nitrogen and oxygen atoms in total. The molecule has 0 aliphatic heterocycles. The quantitative estimate of drug-likeness (QED) is 0.583. The maximum atomic E-state index is 12.8. The van der Waals surface area contributed by atoms with E-state index in [1.807, 2.05) is 0 Å². The smallest absolute Gasteiger partial charge is 0.407 e. The highest BCUT2D eigenvalue weighted by atomic mass is 35.5. The largest absolute Gasteiger partial charge is 0.481 e. The van der Waals surface area contributed by atoms with E-state index in [1.54, 1.807) is 45.0 Å². The normalized spacial score (nSPS) is 21.8. The Balaban J connectivity index is 1.73. The van der Waals surface area contributed by atoms with Crippen LogP contribution >= 0.6 is 11.6 Å². The van der Waals surface area contributed by atoms with Gasteiger partial charge in [-0.25, -0.2) is 4.79 Å². The van der Waals surface area contributed by atoms with Crippen molar-refractivity contribution in [1.29, 1.82) is 0 Å². The summed E-state index contributed by atoms with van der Waals surface area (Å²) in [7, 11) is 0. The van der Waals surface area contributed by atoms with Gasteiger partial charge in [-0.2, -0.15) is 0 Å². The van der Waals surface area contributed by atoms with E-state index in [4.69, 9.17) is 16.3 Å². The molecule has 4 N–H and O–H groups in total. The second-order valence-corrected chi connectivity index (χ2v) is 9.03. The van der Waals surface area contributed by atoms with Gasteiger partial charge in [0.05, 0.1) is 12.0 Å². The van der Waals surface area contributed by atoms with E-state index in [9.17, 15) is 19.5 Å². The number of carboxylic acids is 1. The highest BCUT2D eigenvalue weighted by Gasteiger charge is 2.36. The lowest BCUT2D eigenvalue weighted by Gasteiger charge is -2.35. The van der Waals surface area contributed by atoms with Crippen molar-refractivity contribution in [2.24, 2.45) is 5.92 Å². The van der Waals surface area contributed by atoms with E-state index in [0.717, 1.165) is 10.9 Å². The number of nitrogens with one attached hydrogen (secondary N) is 3. The second kappa shape index (κ2) is 8.55. The number of carbonyl (C=O) groups excluding carboxylic acids is 2. The van der Waals surface area contributed by atoms with Gasteiger partial charge in [0.2, 0.25) is 0 Å². The number of carboxylic acid groups (broad SMARTS) is 1. The molecule has 0 spiro atoms. The summed E-state index contributed by atoms with van der Waals surface area (Å²) in [4.78, 5) is 39.5. The molecule has 0 bridgehead atoms. The lowest BCUT2D eigenvalue weighted by Crippen LogP contribution is -2.55. The predicted molar refractivity (Wildman–Crippen MR) is 113 cm³/mol. The monoisotopic (exact) mass is 435 g/mol. The Morgan fingerprint density at radius 2 is 1.87 bits per heavy atom. The molecule has 1 aromatic carbocycles. The van der Waals surface area contributed by atoms with E-state index < -0.39 is 35.7 Å². The Hall–Kier alpha value is -2.74. The zero-order valence-corrected chi connectivity index (χ0v) is 17.9. The number of carbonyl (C=O) groups is 3. The highest BCUT2D eigenvalue weighted by molar-refractivity contribution is 6.31. The van der Waals surface area contributed by atoms with Crippen LogP contribution in [-0.2, 0) is 9.53 Å². The van der Waals surface area contributed by atoms with Gasteiger partial charge < -0.3 is 25.5 Å². The number of alkyl carbamates (subject to hydrolysis) is 1. The van der Waals surface area contributed by atoms with Crippen LogP contribution in [0.15, 0.2) is 24.3 Å². The molecule has 162 valence electrons. The molecule has 2 aromatic rings. The average Bonchev–Trinajstić information content (AvgIpc) is 3.04. The molecule has 3 rings (SSSR count). The molecule has 1 aliphatic rings. The van der Waals surface area contributed by atoms with Crippen molar-refractivity contribution in [3.05, 3.63) is 35.0 Å². The van der Waals surface area contributed by atoms with Crippen LogP contribution < -0.4 is 10.6 Å². The van der Waals surface area contributed by atoms with Crippen molar-refractivity contribution in [2.45, 2.75) is 57.7 Å². The molecule has 0 radical (unpaired) electrons. The van der Waals surface area contributed by atoms with Crippen molar-refractivity contribution in [3.8, 4) is 0 Å². The Kier molecular flexibility index (Phi) is 6.26. The summed E-state index contributed by atoms with van der Waals surface area (Å²) in [5.41, 5.74) is 0.459. The number of aromatic amines is 1. The van der Waals surface area contributed by atoms with Crippen LogP contribution in [0.5, 0.6) is 0 Å². The van der Waals surface area contributed by atoms with E-state index in [1.165, 1.54) is 0 Å². The van der Waals surface area contributed by atoms with Gasteiger partial charge in [0.15, 0.2) is 0 Å². The van der Waals surface area contributed by atoms with Crippen LogP contribution in [0.1, 0.15) is 50.5 Å². The average molecular weight is 436 g/mol. The number of halogens is 1.